The van der Waals surface area contributed by atoms with Crippen LogP contribution in [-0.2, 0) is 11.3 Å². The van der Waals surface area contributed by atoms with E-state index in [2.05, 4.69) is 18.4 Å². The Hall–Kier alpha value is -0.870. The number of carbonyl (C=O) groups excluding carboxylic acids is 1. The summed E-state index contributed by atoms with van der Waals surface area (Å²) in [6.45, 7) is 2.86. The number of carbonyl (C=O) groups is 1. The molecule has 1 aliphatic rings. The average Bonchev–Trinajstić information content (AvgIpc) is 3.09. The van der Waals surface area contributed by atoms with E-state index in [1.165, 1.54) is 4.88 Å². The Morgan fingerprint density at radius 3 is 2.94 bits per heavy atom. The number of hydrogen-bond donors (Lipinski definition) is 1. The van der Waals surface area contributed by atoms with E-state index in [9.17, 15) is 4.79 Å². The van der Waals surface area contributed by atoms with Gasteiger partial charge >= 0.3 is 0 Å². The Labute approximate surface area is 113 Å². The molecule has 3 nitrogen and oxygen atoms in total. The van der Waals surface area contributed by atoms with Crippen LogP contribution in [-0.4, -0.2) is 22.9 Å². The zero-order valence-corrected chi connectivity index (χ0v) is 11.8. The van der Waals surface area contributed by atoms with Gasteiger partial charge < -0.3 is 10.6 Å². The Morgan fingerprint density at radius 1 is 1.61 bits per heavy atom. The van der Waals surface area contributed by atoms with Crippen molar-refractivity contribution in [2.24, 2.45) is 5.73 Å². The number of amides is 1. The van der Waals surface area contributed by atoms with E-state index >= 15 is 0 Å². The lowest BCUT2D eigenvalue weighted by Gasteiger charge is -2.25. The summed E-state index contributed by atoms with van der Waals surface area (Å²) in [5.74, 6) is 0.138. The Balaban J connectivity index is 1.94. The number of nitrogens with zero attached hydrogens (tertiary/aromatic N) is 1. The zero-order chi connectivity index (χ0) is 13.0. The van der Waals surface area contributed by atoms with Crippen molar-refractivity contribution in [1.29, 1.82) is 0 Å². The minimum absolute atomic E-state index is 0.138. The van der Waals surface area contributed by atoms with E-state index in [1.54, 1.807) is 11.3 Å². The van der Waals surface area contributed by atoms with Gasteiger partial charge in [0.05, 0.1) is 12.6 Å². The normalized spacial score (nSPS) is 16.6. The number of unbranched alkanes of at least 4 members (excludes halogenated alkanes) is 1. The molecule has 4 heteroatoms. The van der Waals surface area contributed by atoms with Crippen molar-refractivity contribution < 1.29 is 4.79 Å². The van der Waals surface area contributed by atoms with Gasteiger partial charge in [-0.1, -0.05) is 25.8 Å². The standard InChI is InChI=1S/C14H22N2OS/c1-2-3-6-13(15)14(17)16(11-7-8-11)10-12-5-4-9-18-12/h4-5,9,11,13H,2-3,6-8,10,15H2,1H3. The third kappa shape index (κ3) is 3.56. The lowest BCUT2D eigenvalue weighted by atomic mass is 10.1. The van der Waals surface area contributed by atoms with Gasteiger partial charge in [-0.25, -0.2) is 0 Å². The molecule has 2 rings (SSSR count). The van der Waals surface area contributed by atoms with E-state index in [1.807, 2.05) is 11.0 Å². The second kappa shape index (κ2) is 6.34. The summed E-state index contributed by atoms with van der Waals surface area (Å²) in [5, 5.41) is 2.06. The first-order chi connectivity index (χ1) is 8.72. The molecule has 0 spiro atoms. The molecule has 0 bridgehead atoms. The Kier molecular flexibility index (Phi) is 4.78. The molecule has 1 unspecified atom stereocenters. The molecule has 1 amide bonds. The molecular weight excluding hydrogens is 244 g/mol. The van der Waals surface area contributed by atoms with Crippen LogP contribution in [0.5, 0.6) is 0 Å². The quantitative estimate of drug-likeness (QED) is 0.825. The topological polar surface area (TPSA) is 46.3 Å². The maximum absolute atomic E-state index is 12.4. The fraction of sp³-hybridized carbons (Fsp3) is 0.643. The van der Waals surface area contributed by atoms with Crippen molar-refractivity contribution in [3.8, 4) is 0 Å². The van der Waals surface area contributed by atoms with Gasteiger partial charge in [0.15, 0.2) is 0 Å². The summed E-state index contributed by atoms with van der Waals surface area (Å²) in [7, 11) is 0. The van der Waals surface area contributed by atoms with Crippen molar-refractivity contribution in [3.63, 3.8) is 0 Å². The van der Waals surface area contributed by atoms with Crippen LogP contribution in [0.15, 0.2) is 17.5 Å². The van der Waals surface area contributed by atoms with Gasteiger partial charge in [-0.05, 0) is 30.7 Å². The highest BCUT2D eigenvalue weighted by molar-refractivity contribution is 7.09. The summed E-state index contributed by atoms with van der Waals surface area (Å²) in [4.78, 5) is 15.6. The van der Waals surface area contributed by atoms with Crippen molar-refractivity contribution in [3.05, 3.63) is 22.4 Å². The van der Waals surface area contributed by atoms with Crippen LogP contribution in [0, 0.1) is 0 Å². The number of thiophene rings is 1. The van der Waals surface area contributed by atoms with Gasteiger partial charge in [-0.2, -0.15) is 0 Å². The molecule has 1 aromatic rings. The molecule has 18 heavy (non-hydrogen) atoms. The van der Waals surface area contributed by atoms with Crippen molar-refractivity contribution in [2.75, 3.05) is 0 Å². The second-order valence-electron chi connectivity index (χ2n) is 5.03. The molecule has 100 valence electrons. The molecule has 0 saturated heterocycles. The lowest BCUT2D eigenvalue weighted by molar-refractivity contribution is -0.134. The highest BCUT2D eigenvalue weighted by Gasteiger charge is 2.34. The maximum atomic E-state index is 12.4. The molecule has 1 aliphatic carbocycles. The van der Waals surface area contributed by atoms with Gasteiger partial charge in [-0.3, -0.25) is 4.79 Å². The molecule has 0 aromatic carbocycles. The first-order valence-electron chi connectivity index (χ1n) is 6.80. The van der Waals surface area contributed by atoms with Crippen molar-refractivity contribution in [2.45, 2.75) is 57.7 Å². The number of rotatable bonds is 7. The molecule has 1 fully saturated rings. The van der Waals surface area contributed by atoms with Crippen LogP contribution in [0.25, 0.3) is 0 Å². The SMILES string of the molecule is CCCCC(N)C(=O)N(Cc1cccs1)C1CC1. The fourth-order valence-corrected chi connectivity index (χ4v) is 2.81. The zero-order valence-electron chi connectivity index (χ0n) is 11.0. The molecule has 1 heterocycles. The summed E-state index contributed by atoms with van der Waals surface area (Å²) in [6.07, 6.45) is 5.21. The predicted octanol–water partition coefficient (Wildman–Crippen LogP) is 2.76. The van der Waals surface area contributed by atoms with E-state index in [-0.39, 0.29) is 11.9 Å². The molecular formula is C14H22N2OS. The van der Waals surface area contributed by atoms with Gasteiger partial charge in [0.25, 0.3) is 0 Å². The third-order valence-corrected chi connectivity index (χ3v) is 4.22. The molecule has 1 aromatic heterocycles. The molecule has 1 atom stereocenters. The molecule has 1 saturated carbocycles. The largest absolute Gasteiger partial charge is 0.333 e. The summed E-state index contributed by atoms with van der Waals surface area (Å²) >= 11 is 1.71. The minimum Gasteiger partial charge on any atom is -0.333 e. The summed E-state index contributed by atoms with van der Waals surface area (Å²) < 4.78 is 0. The van der Waals surface area contributed by atoms with Crippen molar-refractivity contribution >= 4 is 17.2 Å². The molecule has 0 radical (unpaired) electrons. The highest BCUT2D eigenvalue weighted by atomic mass is 32.1. The summed E-state index contributed by atoms with van der Waals surface area (Å²) in [6, 6.07) is 4.25. The van der Waals surface area contributed by atoms with E-state index in [0.717, 1.165) is 38.6 Å². The summed E-state index contributed by atoms with van der Waals surface area (Å²) in [5.41, 5.74) is 6.01. The monoisotopic (exact) mass is 266 g/mol. The van der Waals surface area contributed by atoms with Gasteiger partial charge in [0.2, 0.25) is 5.91 Å². The Bertz CT molecular complexity index is 373. The van der Waals surface area contributed by atoms with Crippen molar-refractivity contribution in [1.82, 2.24) is 4.90 Å². The van der Waals surface area contributed by atoms with Crippen LogP contribution in [0.1, 0.15) is 43.9 Å². The van der Waals surface area contributed by atoms with Gasteiger partial charge in [0, 0.05) is 10.9 Å². The highest BCUT2D eigenvalue weighted by Crippen LogP contribution is 2.30. The molecule has 2 N–H and O–H groups in total. The molecule has 0 aliphatic heterocycles. The van der Waals surface area contributed by atoms with Crippen LogP contribution < -0.4 is 5.73 Å². The van der Waals surface area contributed by atoms with Crippen LogP contribution >= 0.6 is 11.3 Å². The number of hydrogen-bond acceptors (Lipinski definition) is 3. The maximum Gasteiger partial charge on any atom is 0.240 e. The van der Waals surface area contributed by atoms with E-state index in [4.69, 9.17) is 5.73 Å². The van der Waals surface area contributed by atoms with Gasteiger partial charge in [-0.15, -0.1) is 11.3 Å². The van der Waals surface area contributed by atoms with E-state index < -0.39 is 0 Å². The second-order valence-corrected chi connectivity index (χ2v) is 6.06. The van der Waals surface area contributed by atoms with Crippen LogP contribution in [0.4, 0.5) is 0 Å². The van der Waals surface area contributed by atoms with Gasteiger partial charge in [0.1, 0.15) is 0 Å². The van der Waals surface area contributed by atoms with Crippen LogP contribution in [0.2, 0.25) is 0 Å². The lowest BCUT2D eigenvalue weighted by Crippen LogP contribution is -2.44. The fourth-order valence-electron chi connectivity index (χ4n) is 2.10. The third-order valence-electron chi connectivity index (χ3n) is 3.36. The van der Waals surface area contributed by atoms with Crippen LogP contribution in [0.3, 0.4) is 0 Å². The predicted molar refractivity (Wildman–Crippen MR) is 75.4 cm³/mol. The smallest absolute Gasteiger partial charge is 0.240 e. The minimum atomic E-state index is -0.314. The average molecular weight is 266 g/mol. The first kappa shape index (κ1) is 13.6. The first-order valence-corrected chi connectivity index (χ1v) is 7.68. The Morgan fingerprint density at radius 2 is 2.39 bits per heavy atom. The number of nitrogens with two attached hydrogens (primary N) is 1. The van der Waals surface area contributed by atoms with E-state index in [0.29, 0.717) is 6.04 Å².